The number of piperazine rings is 1. The molecule has 0 atom stereocenters. The predicted molar refractivity (Wildman–Crippen MR) is 123 cm³/mol. The van der Waals surface area contributed by atoms with Crippen LogP contribution in [0, 0.1) is 5.92 Å². The van der Waals surface area contributed by atoms with E-state index in [-0.39, 0.29) is 30.0 Å². The number of anilines is 1. The Morgan fingerprint density at radius 2 is 1.72 bits per heavy atom. The highest BCUT2D eigenvalue weighted by atomic mass is 19.4. The van der Waals surface area contributed by atoms with Gasteiger partial charge in [-0.25, -0.2) is 4.98 Å². The normalized spacial score (nSPS) is 16.3. The molecule has 0 bridgehead atoms. The minimum atomic E-state index is -4.65. The third-order valence-electron chi connectivity index (χ3n) is 6.25. The number of alkyl halides is 3. The van der Waals surface area contributed by atoms with E-state index < -0.39 is 17.8 Å². The largest absolute Gasteiger partial charge is 0.433 e. The van der Waals surface area contributed by atoms with Crippen LogP contribution < -0.4 is 5.32 Å². The van der Waals surface area contributed by atoms with Gasteiger partial charge >= 0.3 is 6.18 Å². The van der Waals surface area contributed by atoms with E-state index in [4.69, 9.17) is 0 Å². The number of amides is 3. The molecule has 1 aliphatic heterocycles. The van der Waals surface area contributed by atoms with Crippen molar-refractivity contribution in [3.63, 3.8) is 0 Å². The van der Waals surface area contributed by atoms with Gasteiger partial charge in [0, 0.05) is 49.4 Å². The first-order valence-electron chi connectivity index (χ1n) is 11.6. The molecule has 9 nitrogen and oxygen atoms in total. The van der Waals surface area contributed by atoms with Crippen LogP contribution in [-0.2, 0) is 22.3 Å². The third-order valence-corrected chi connectivity index (χ3v) is 6.25. The second-order valence-electron chi connectivity index (χ2n) is 8.94. The molecule has 1 saturated carbocycles. The van der Waals surface area contributed by atoms with E-state index in [0.29, 0.717) is 42.8 Å². The molecule has 188 valence electrons. The molecule has 3 amide bonds. The molecular formula is C24H23F3N6O3. The van der Waals surface area contributed by atoms with E-state index in [1.54, 1.807) is 29.3 Å². The third kappa shape index (κ3) is 5.16. The highest BCUT2D eigenvalue weighted by Crippen LogP contribution is 2.31. The number of nitrogens with one attached hydrogen (secondary N) is 1. The molecule has 2 aliphatic rings. The fourth-order valence-corrected chi connectivity index (χ4v) is 4.15. The number of hydrogen-bond donors (Lipinski definition) is 1. The summed E-state index contributed by atoms with van der Waals surface area (Å²) in [6, 6.07) is 7.97. The number of fused-ring (bicyclic) bond motifs is 1. The molecule has 1 aromatic carbocycles. The van der Waals surface area contributed by atoms with Crippen molar-refractivity contribution in [1.29, 1.82) is 0 Å². The van der Waals surface area contributed by atoms with E-state index in [9.17, 15) is 27.6 Å². The number of aromatic nitrogens is 3. The SMILES string of the molecule is O=C(Nc1ccc2nn(CC(=O)N3CCN(C(=O)C4CC4)CC3)cc2c1)c1cccc(C(F)(F)F)n1. The fourth-order valence-electron chi connectivity index (χ4n) is 4.15. The molecular weight excluding hydrogens is 477 g/mol. The number of halogens is 3. The van der Waals surface area contributed by atoms with Crippen molar-refractivity contribution in [1.82, 2.24) is 24.6 Å². The number of pyridine rings is 1. The lowest BCUT2D eigenvalue weighted by atomic mass is 10.2. The zero-order chi connectivity index (χ0) is 25.4. The Morgan fingerprint density at radius 1 is 1.00 bits per heavy atom. The van der Waals surface area contributed by atoms with Crippen molar-refractivity contribution in [2.75, 3.05) is 31.5 Å². The Morgan fingerprint density at radius 3 is 2.42 bits per heavy atom. The van der Waals surface area contributed by atoms with Crippen LogP contribution >= 0.6 is 0 Å². The molecule has 12 heteroatoms. The van der Waals surface area contributed by atoms with Crippen molar-refractivity contribution >= 4 is 34.3 Å². The highest BCUT2D eigenvalue weighted by Gasteiger charge is 2.35. The number of hydrogen-bond acceptors (Lipinski definition) is 5. The summed E-state index contributed by atoms with van der Waals surface area (Å²) in [6.45, 7) is 2.06. The van der Waals surface area contributed by atoms with Crippen LogP contribution in [0.4, 0.5) is 18.9 Å². The zero-order valence-electron chi connectivity index (χ0n) is 19.2. The smallest absolute Gasteiger partial charge is 0.339 e. The van der Waals surface area contributed by atoms with Crippen molar-refractivity contribution in [3.8, 4) is 0 Å². The minimum Gasteiger partial charge on any atom is -0.339 e. The van der Waals surface area contributed by atoms with Gasteiger partial charge in [-0.15, -0.1) is 0 Å². The summed E-state index contributed by atoms with van der Waals surface area (Å²) < 4.78 is 40.1. The molecule has 1 aliphatic carbocycles. The quantitative estimate of drug-likeness (QED) is 0.581. The standard InChI is InChI=1S/C24H23F3N6O3/c25-24(26,27)20-3-1-2-19(29-20)22(35)28-17-6-7-18-16(12-17)13-33(30-18)14-21(34)31-8-10-32(11-9-31)23(36)15-4-5-15/h1-3,6-7,12-13,15H,4-5,8-11,14H2,(H,28,35). The van der Waals surface area contributed by atoms with Crippen LogP contribution in [0.25, 0.3) is 10.9 Å². The monoisotopic (exact) mass is 500 g/mol. The van der Waals surface area contributed by atoms with Gasteiger partial charge < -0.3 is 15.1 Å². The zero-order valence-corrected chi connectivity index (χ0v) is 19.2. The average Bonchev–Trinajstić information content (AvgIpc) is 3.63. The van der Waals surface area contributed by atoms with Crippen LogP contribution in [0.15, 0.2) is 42.6 Å². The molecule has 0 unspecified atom stereocenters. The van der Waals surface area contributed by atoms with Crippen LogP contribution in [0.5, 0.6) is 0 Å². The Hall–Kier alpha value is -3.96. The van der Waals surface area contributed by atoms with E-state index in [1.807, 2.05) is 4.90 Å². The molecule has 2 fully saturated rings. The van der Waals surface area contributed by atoms with Gasteiger partial charge in [-0.05, 0) is 43.2 Å². The van der Waals surface area contributed by atoms with Gasteiger partial charge in [0.2, 0.25) is 11.8 Å². The van der Waals surface area contributed by atoms with Gasteiger partial charge in [-0.2, -0.15) is 18.3 Å². The number of benzene rings is 1. The summed E-state index contributed by atoms with van der Waals surface area (Å²) in [7, 11) is 0. The van der Waals surface area contributed by atoms with Crippen molar-refractivity contribution < 1.29 is 27.6 Å². The van der Waals surface area contributed by atoms with E-state index >= 15 is 0 Å². The molecule has 0 spiro atoms. The molecule has 0 radical (unpaired) electrons. The summed E-state index contributed by atoms with van der Waals surface area (Å²) in [6.07, 6.45) is -1.07. The first kappa shape index (κ1) is 23.8. The van der Waals surface area contributed by atoms with Crippen molar-refractivity contribution in [2.24, 2.45) is 5.92 Å². The van der Waals surface area contributed by atoms with E-state index in [2.05, 4.69) is 15.4 Å². The molecule has 36 heavy (non-hydrogen) atoms. The fraction of sp³-hybridized carbons (Fsp3) is 0.375. The van der Waals surface area contributed by atoms with Gasteiger partial charge in [-0.3, -0.25) is 19.1 Å². The second kappa shape index (κ2) is 9.25. The molecule has 1 saturated heterocycles. The lowest BCUT2D eigenvalue weighted by Gasteiger charge is -2.34. The number of carbonyl (C=O) groups excluding carboxylic acids is 3. The number of rotatable bonds is 5. The summed E-state index contributed by atoms with van der Waals surface area (Å²) in [5.74, 6) is -0.528. The van der Waals surface area contributed by atoms with Gasteiger partial charge in [0.1, 0.15) is 17.9 Å². The first-order chi connectivity index (χ1) is 17.2. The van der Waals surface area contributed by atoms with Gasteiger partial charge in [0.05, 0.1) is 5.52 Å². The Bertz CT molecular complexity index is 1330. The summed E-state index contributed by atoms with van der Waals surface area (Å²) >= 11 is 0. The van der Waals surface area contributed by atoms with Crippen LogP contribution in [0.3, 0.4) is 0 Å². The summed E-state index contributed by atoms with van der Waals surface area (Å²) in [5, 5.41) is 7.59. The maximum absolute atomic E-state index is 12.9. The highest BCUT2D eigenvalue weighted by molar-refractivity contribution is 6.03. The number of nitrogens with zero attached hydrogens (tertiary/aromatic N) is 5. The molecule has 2 aromatic heterocycles. The van der Waals surface area contributed by atoms with Gasteiger partial charge in [0.15, 0.2) is 0 Å². The average molecular weight is 500 g/mol. The number of carbonyl (C=O) groups is 3. The van der Waals surface area contributed by atoms with Crippen LogP contribution in [-0.4, -0.2) is 68.5 Å². The topological polar surface area (TPSA) is 100 Å². The van der Waals surface area contributed by atoms with Gasteiger partial charge in [-0.1, -0.05) is 6.07 Å². The second-order valence-corrected chi connectivity index (χ2v) is 8.94. The molecule has 3 heterocycles. The molecule has 1 N–H and O–H groups in total. The maximum Gasteiger partial charge on any atom is 0.433 e. The van der Waals surface area contributed by atoms with Crippen LogP contribution in [0.1, 0.15) is 29.0 Å². The van der Waals surface area contributed by atoms with Crippen LogP contribution in [0.2, 0.25) is 0 Å². The summed E-state index contributed by atoms with van der Waals surface area (Å²) in [5.41, 5.74) is -0.551. The maximum atomic E-state index is 12.9. The summed E-state index contributed by atoms with van der Waals surface area (Å²) in [4.78, 5) is 44.3. The predicted octanol–water partition coefficient (Wildman–Crippen LogP) is 2.78. The Labute approximate surface area is 203 Å². The van der Waals surface area contributed by atoms with E-state index in [0.717, 1.165) is 25.0 Å². The minimum absolute atomic E-state index is 0.0289. The molecule has 5 rings (SSSR count). The Kier molecular flexibility index (Phi) is 6.10. The van der Waals surface area contributed by atoms with Crippen molar-refractivity contribution in [3.05, 3.63) is 54.0 Å². The first-order valence-corrected chi connectivity index (χ1v) is 11.6. The molecule has 3 aromatic rings. The Balaban J connectivity index is 1.21. The van der Waals surface area contributed by atoms with Gasteiger partial charge in [0.25, 0.3) is 5.91 Å². The van der Waals surface area contributed by atoms with Crippen molar-refractivity contribution in [2.45, 2.75) is 25.6 Å². The lowest BCUT2D eigenvalue weighted by molar-refractivity contribution is -0.141. The lowest BCUT2D eigenvalue weighted by Crippen LogP contribution is -2.51. The van der Waals surface area contributed by atoms with E-state index in [1.165, 1.54) is 10.7 Å².